The molecule has 0 saturated carbocycles. The third kappa shape index (κ3) is 4.23. The Hall–Kier alpha value is -0.120. The van der Waals surface area contributed by atoms with Crippen molar-refractivity contribution < 1.29 is 0 Å². The molecule has 102 valence electrons. The van der Waals surface area contributed by atoms with Gasteiger partial charge in [-0.05, 0) is 66.0 Å². The van der Waals surface area contributed by atoms with E-state index in [2.05, 4.69) is 42.9 Å². The molecule has 0 bridgehead atoms. The van der Waals surface area contributed by atoms with Gasteiger partial charge in [0.1, 0.15) is 0 Å². The van der Waals surface area contributed by atoms with Crippen LogP contribution in [0.5, 0.6) is 0 Å². The molecule has 0 aromatic carbocycles. The van der Waals surface area contributed by atoms with Gasteiger partial charge in [-0.3, -0.25) is 0 Å². The molecule has 1 N–H and O–H groups in total. The van der Waals surface area contributed by atoms with Gasteiger partial charge in [-0.25, -0.2) is 0 Å². The number of rotatable bonds is 6. The molecule has 3 heteroatoms. The molecule has 3 nitrogen and oxygen atoms in total. The zero-order valence-corrected chi connectivity index (χ0v) is 12.4. The minimum absolute atomic E-state index is 0.667. The fourth-order valence-electron chi connectivity index (χ4n) is 2.87. The summed E-state index contributed by atoms with van der Waals surface area (Å²) in [5.74, 6) is 0.717. The molecule has 2 atom stereocenters. The lowest BCUT2D eigenvalue weighted by Crippen LogP contribution is -2.49. The highest BCUT2D eigenvalue weighted by atomic mass is 15.2. The third-order valence-corrected chi connectivity index (χ3v) is 4.57. The fraction of sp³-hybridized carbons (Fsp3) is 1.00. The van der Waals surface area contributed by atoms with Crippen LogP contribution in [0.3, 0.4) is 0 Å². The van der Waals surface area contributed by atoms with Crippen LogP contribution < -0.4 is 5.32 Å². The average Bonchev–Trinajstić information content (AvgIpc) is 2.37. The van der Waals surface area contributed by atoms with Crippen molar-refractivity contribution in [3.63, 3.8) is 0 Å². The molecule has 0 radical (unpaired) electrons. The van der Waals surface area contributed by atoms with Crippen LogP contribution in [0.1, 0.15) is 33.6 Å². The Bertz CT molecular complexity index is 200. The van der Waals surface area contributed by atoms with E-state index in [1.807, 2.05) is 7.05 Å². The maximum Gasteiger partial charge on any atom is 0.0119 e. The molecule has 0 spiro atoms. The summed E-state index contributed by atoms with van der Waals surface area (Å²) >= 11 is 0. The van der Waals surface area contributed by atoms with E-state index in [9.17, 15) is 0 Å². The van der Waals surface area contributed by atoms with E-state index in [1.165, 1.54) is 32.5 Å². The van der Waals surface area contributed by atoms with E-state index >= 15 is 0 Å². The monoisotopic (exact) mass is 241 g/mol. The molecule has 1 aliphatic rings. The van der Waals surface area contributed by atoms with Gasteiger partial charge in [0.2, 0.25) is 0 Å². The van der Waals surface area contributed by atoms with E-state index in [0.717, 1.165) is 12.6 Å². The van der Waals surface area contributed by atoms with E-state index in [1.54, 1.807) is 0 Å². The number of hydrogen-bond donors (Lipinski definition) is 1. The summed E-state index contributed by atoms with van der Waals surface area (Å²) in [5, 5.41) is 3.29. The second-order valence-electron chi connectivity index (χ2n) is 5.61. The number of piperidine rings is 1. The molecule has 1 heterocycles. The molecular weight excluding hydrogens is 210 g/mol. The van der Waals surface area contributed by atoms with Gasteiger partial charge in [0.15, 0.2) is 0 Å². The van der Waals surface area contributed by atoms with Crippen molar-refractivity contribution in [3.05, 3.63) is 0 Å². The molecular formula is C14H31N3. The molecule has 0 aromatic heterocycles. The predicted molar refractivity (Wildman–Crippen MR) is 75.5 cm³/mol. The number of nitrogens with zero attached hydrogens (tertiary/aromatic N) is 2. The van der Waals surface area contributed by atoms with Crippen molar-refractivity contribution >= 4 is 0 Å². The zero-order valence-electron chi connectivity index (χ0n) is 12.4. The normalized spacial score (nSPS) is 22.9. The van der Waals surface area contributed by atoms with Crippen LogP contribution >= 0.6 is 0 Å². The van der Waals surface area contributed by atoms with E-state index < -0.39 is 0 Å². The lowest BCUT2D eigenvalue weighted by molar-refractivity contribution is 0.0838. The first-order valence-corrected chi connectivity index (χ1v) is 7.19. The molecule has 1 rings (SSSR count). The van der Waals surface area contributed by atoms with Gasteiger partial charge in [0.05, 0.1) is 0 Å². The van der Waals surface area contributed by atoms with Gasteiger partial charge >= 0.3 is 0 Å². The molecule has 0 aliphatic carbocycles. The number of likely N-dealkylation sites (tertiary alicyclic amines) is 1. The summed E-state index contributed by atoms with van der Waals surface area (Å²) in [6, 6.07) is 1.45. The summed E-state index contributed by atoms with van der Waals surface area (Å²) < 4.78 is 0. The van der Waals surface area contributed by atoms with E-state index in [4.69, 9.17) is 0 Å². The van der Waals surface area contributed by atoms with Crippen molar-refractivity contribution in [1.29, 1.82) is 0 Å². The fourth-order valence-corrected chi connectivity index (χ4v) is 2.87. The van der Waals surface area contributed by atoms with Crippen molar-refractivity contribution in [2.75, 3.05) is 40.3 Å². The maximum atomic E-state index is 3.29. The second kappa shape index (κ2) is 7.34. The van der Waals surface area contributed by atoms with Gasteiger partial charge in [-0.1, -0.05) is 13.8 Å². The Balaban J connectivity index is 2.39. The first-order valence-electron chi connectivity index (χ1n) is 7.19. The summed E-state index contributed by atoms with van der Waals surface area (Å²) in [4.78, 5) is 5.17. The standard InChI is InChI=1S/C14H31N3/c1-6-17-9-7-14(8-10-17)16(5)13(3)12(2)11-15-4/h12-15H,6-11H2,1-5H3. The van der Waals surface area contributed by atoms with E-state index in [0.29, 0.717) is 12.0 Å². The number of nitrogens with one attached hydrogen (secondary N) is 1. The molecule has 17 heavy (non-hydrogen) atoms. The topological polar surface area (TPSA) is 18.5 Å². The lowest BCUT2D eigenvalue weighted by atomic mass is 9.97. The van der Waals surface area contributed by atoms with Crippen LogP contribution in [0.25, 0.3) is 0 Å². The van der Waals surface area contributed by atoms with Crippen LogP contribution in [0.15, 0.2) is 0 Å². The molecule has 1 saturated heterocycles. The molecule has 1 aliphatic heterocycles. The minimum atomic E-state index is 0.667. The second-order valence-corrected chi connectivity index (χ2v) is 5.61. The SMILES string of the molecule is CCN1CCC(N(C)C(C)C(C)CNC)CC1. The highest BCUT2D eigenvalue weighted by Gasteiger charge is 2.26. The van der Waals surface area contributed by atoms with Gasteiger partial charge < -0.3 is 15.1 Å². The largest absolute Gasteiger partial charge is 0.319 e. The Labute approximate surface area is 108 Å². The summed E-state index contributed by atoms with van der Waals surface area (Å²) in [6.07, 6.45) is 2.67. The van der Waals surface area contributed by atoms with Crippen molar-refractivity contribution in [2.45, 2.75) is 45.7 Å². The van der Waals surface area contributed by atoms with Crippen molar-refractivity contribution in [3.8, 4) is 0 Å². The Kier molecular flexibility index (Phi) is 6.45. The van der Waals surface area contributed by atoms with Crippen LogP contribution in [0, 0.1) is 5.92 Å². The van der Waals surface area contributed by atoms with Gasteiger partial charge in [0.25, 0.3) is 0 Å². The van der Waals surface area contributed by atoms with Gasteiger partial charge in [0, 0.05) is 12.1 Å². The van der Waals surface area contributed by atoms with Crippen LogP contribution in [0.4, 0.5) is 0 Å². The minimum Gasteiger partial charge on any atom is -0.319 e. The smallest absolute Gasteiger partial charge is 0.0119 e. The van der Waals surface area contributed by atoms with E-state index in [-0.39, 0.29) is 0 Å². The van der Waals surface area contributed by atoms with Crippen molar-refractivity contribution in [2.24, 2.45) is 5.92 Å². The molecule has 1 fully saturated rings. The Morgan fingerprint density at radius 1 is 1.29 bits per heavy atom. The predicted octanol–water partition coefficient (Wildman–Crippen LogP) is 1.65. The van der Waals surface area contributed by atoms with Crippen molar-refractivity contribution in [1.82, 2.24) is 15.1 Å². The summed E-state index contributed by atoms with van der Waals surface area (Å²) in [5.41, 5.74) is 0. The van der Waals surface area contributed by atoms with Gasteiger partial charge in [-0.2, -0.15) is 0 Å². The molecule has 0 amide bonds. The quantitative estimate of drug-likeness (QED) is 0.763. The Morgan fingerprint density at radius 2 is 1.88 bits per heavy atom. The highest BCUT2D eigenvalue weighted by Crippen LogP contribution is 2.20. The molecule has 0 aromatic rings. The first-order chi connectivity index (χ1) is 8.10. The van der Waals surface area contributed by atoms with Crippen LogP contribution in [-0.2, 0) is 0 Å². The highest BCUT2D eigenvalue weighted by molar-refractivity contribution is 4.82. The summed E-state index contributed by atoms with van der Waals surface area (Å²) in [7, 11) is 4.35. The maximum absolute atomic E-state index is 3.29. The first kappa shape index (κ1) is 14.9. The lowest BCUT2D eigenvalue weighted by Gasteiger charge is -2.41. The molecule has 2 unspecified atom stereocenters. The average molecular weight is 241 g/mol. The third-order valence-electron chi connectivity index (χ3n) is 4.57. The summed E-state index contributed by atoms with van der Waals surface area (Å²) in [6.45, 7) is 11.9. The zero-order chi connectivity index (χ0) is 12.8. The van der Waals surface area contributed by atoms with Crippen LogP contribution in [-0.4, -0.2) is 62.2 Å². The van der Waals surface area contributed by atoms with Gasteiger partial charge in [-0.15, -0.1) is 0 Å². The number of hydrogen-bond acceptors (Lipinski definition) is 3. The van der Waals surface area contributed by atoms with Crippen LogP contribution in [0.2, 0.25) is 0 Å². The Morgan fingerprint density at radius 3 is 2.35 bits per heavy atom.